The number of carbonyl (C=O) groups is 1. The van der Waals surface area contributed by atoms with Gasteiger partial charge < -0.3 is 24.1 Å². The lowest BCUT2D eigenvalue weighted by Crippen LogP contribution is -2.32. The highest BCUT2D eigenvalue weighted by Crippen LogP contribution is 2.40. The third-order valence-electron chi connectivity index (χ3n) is 5.44. The SMILES string of the molecule is CC[C@@H](C)[C@@H](NC(=O)c1ccc(C)cc1)c1nc(-c2cc(OC)c(OC)c(OC)c2)no1. The van der Waals surface area contributed by atoms with Crippen molar-refractivity contribution in [3.05, 3.63) is 53.4 Å². The van der Waals surface area contributed by atoms with Crippen molar-refractivity contribution in [2.45, 2.75) is 33.2 Å². The average Bonchev–Trinajstić information content (AvgIpc) is 3.31. The molecule has 3 aromatic rings. The third kappa shape index (κ3) is 4.85. The van der Waals surface area contributed by atoms with Crippen LogP contribution in [-0.2, 0) is 0 Å². The van der Waals surface area contributed by atoms with Crippen LogP contribution in [0.25, 0.3) is 11.4 Å². The zero-order chi connectivity index (χ0) is 23.3. The van der Waals surface area contributed by atoms with Crippen LogP contribution in [0.15, 0.2) is 40.9 Å². The quantitative estimate of drug-likeness (QED) is 0.521. The number of nitrogens with one attached hydrogen (secondary N) is 1. The number of amides is 1. The van der Waals surface area contributed by atoms with Gasteiger partial charge in [-0.25, -0.2) is 0 Å². The number of rotatable bonds is 9. The molecule has 0 saturated carbocycles. The lowest BCUT2D eigenvalue weighted by atomic mass is 9.98. The molecular weight excluding hydrogens is 410 g/mol. The Labute approximate surface area is 187 Å². The van der Waals surface area contributed by atoms with Crippen LogP contribution in [0.1, 0.15) is 48.1 Å². The monoisotopic (exact) mass is 439 g/mol. The molecule has 170 valence electrons. The largest absolute Gasteiger partial charge is 0.493 e. The molecule has 1 N–H and O–H groups in total. The molecule has 0 radical (unpaired) electrons. The molecule has 8 heteroatoms. The maximum Gasteiger partial charge on any atom is 0.251 e. The van der Waals surface area contributed by atoms with E-state index in [0.717, 1.165) is 12.0 Å². The lowest BCUT2D eigenvalue weighted by molar-refractivity contribution is 0.0910. The van der Waals surface area contributed by atoms with Gasteiger partial charge in [0.2, 0.25) is 17.5 Å². The zero-order valence-electron chi connectivity index (χ0n) is 19.3. The van der Waals surface area contributed by atoms with E-state index in [1.54, 1.807) is 45.6 Å². The van der Waals surface area contributed by atoms with Gasteiger partial charge in [-0.05, 0) is 37.1 Å². The fourth-order valence-electron chi connectivity index (χ4n) is 3.30. The number of hydrogen-bond donors (Lipinski definition) is 1. The number of aryl methyl sites for hydroxylation is 1. The summed E-state index contributed by atoms with van der Waals surface area (Å²) in [6.07, 6.45) is 0.820. The van der Waals surface area contributed by atoms with Crippen LogP contribution >= 0.6 is 0 Å². The molecule has 0 aliphatic carbocycles. The Balaban J connectivity index is 1.92. The van der Waals surface area contributed by atoms with Gasteiger partial charge in [0.1, 0.15) is 6.04 Å². The first kappa shape index (κ1) is 23.1. The number of aromatic nitrogens is 2. The molecule has 0 fully saturated rings. The first-order valence-electron chi connectivity index (χ1n) is 10.4. The second-order valence-electron chi connectivity index (χ2n) is 7.57. The lowest BCUT2D eigenvalue weighted by Gasteiger charge is -2.20. The molecular formula is C24H29N3O5. The molecule has 32 heavy (non-hydrogen) atoms. The predicted molar refractivity (Wildman–Crippen MR) is 120 cm³/mol. The molecule has 2 aromatic carbocycles. The Bertz CT molecular complexity index is 1040. The van der Waals surface area contributed by atoms with E-state index < -0.39 is 6.04 Å². The van der Waals surface area contributed by atoms with Crippen molar-refractivity contribution in [1.82, 2.24) is 15.5 Å². The fourth-order valence-corrected chi connectivity index (χ4v) is 3.30. The van der Waals surface area contributed by atoms with Crippen molar-refractivity contribution in [1.29, 1.82) is 0 Å². The molecule has 2 atom stereocenters. The number of hydrogen-bond acceptors (Lipinski definition) is 7. The molecule has 0 aliphatic rings. The first-order chi connectivity index (χ1) is 15.4. The van der Waals surface area contributed by atoms with Crippen molar-refractivity contribution < 1.29 is 23.5 Å². The minimum Gasteiger partial charge on any atom is -0.493 e. The van der Waals surface area contributed by atoms with E-state index in [4.69, 9.17) is 18.7 Å². The van der Waals surface area contributed by atoms with Crippen molar-refractivity contribution in [2.24, 2.45) is 5.92 Å². The Kier molecular flexibility index (Phi) is 7.35. The molecule has 8 nitrogen and oxygen atoms in total. The smallest absolute Gasteiger partial charge is 0.251 e. The van der Waals surface area contributed by atoms with E-state index in [0.29, 0.717) is 40.1 Å². The van der Waals surface area contributed by atoms with Gasteiger partial charge in [-0.15, -0.1) is 0 Å². The van der Waals surface area contributed by atoms with Gasteiger partial charge in [0.25, 0.3) is 5.91 Å². The molecule has 0 saturated heterocycles. The van der Waals surface area contributed by atoms with Crippen molar-refractivity contribution in [3.8, 4) is 28.6 Å². The molecule has 1 heterocycles. The molecule has 0 unspecified atom stereocenters. The molecule has 0 bridgehead atoms. The summed E-state index contributed by atoms with van der Waals surface area (Å²) >= 11 is 0. The highest BCUT2D eigenvalue weighted by Gasteiger charge is 2.27. The van der Waals surface area contributed by atoms with Crippen LogP contribution in [0.2, 0.25) is 0 Å². The third-order valence-corrected chi connectivity index (χ3v) is 5.44. The topological polar surface area (TPSA) is 95.7 Å². The molecule has 0 aliphatic heterocycles. The van der Waals surface area contributed by atoms with Crippen molar-refractivity contribution >= 4 is 5.91 Å². The minimum absolute atomic E-state index is 0.0811. The Morgan fingerprint density at radius 1 is 1.06 bits per heavy atom. The molecule has 1 amide bonds. The Hall–Kier alpha value is -3.55. The fraction of sp³-hybridized carbons (Fsp3) is 0.375. The van der Waals surface area contributed by atoms with Crippen molar-refractivity contribution in [2.75, 3.05) is 21.3 Å². The van der Waals surface area contributed by atoms with Crippen LogP contribution in [0.5, 0.6) is 17.2 Å². The second kappa shape index (κ2) is 10.2. The summed E-state index contributed by atoms with van der Waals surface area (Å²) in [5.41, 5.74) is 2.31. The van der Waals surface area contributed by atoms with Crippen LogP contribution < -0.4 is 19.5 Å². The van der Waals surface area contributed by atoms with E-state index in [9.17, 15) is 4.79 Å². The summed E-state index contributed by atoms with van der Waals surface area (Å²) in [6.45, 7) is 6.06. The predicted octanol–water partition coefficient (Wildman–Crippen LogP) is 4.59. The standard InChI is InChI=1S/C24H29N3O5/c1-7-15(3)20(25-23(28)16-10-8-14(2)9-11-16)24-26-22(27-32-24)17-12-18(29-4)21(31-6)19(13-17)30-5/h8-13,15,20H,7H2,1-6H3,(H,25,28)/t15-,20-/m1/s1. The van der Waals surface area contributed by atoms with Gasteiger partial charge in [-0.1, -0.05) is 43.1 Å². The molecule has 3 rings (SSSR count). The van der Waals surface area contributed by atoms with Gasteiger partial charge in [0, 0.05) is 11.1 Å². The van der Waals surface area contributed by atoms with Gasteiger partial charge in [0.05, 0.1) is 21.3 Å². The Morgan fingerprint density at radius 2 is 1.69 bits per heavy atom. The van der Waals surface area contributed by atoms with Crippen LogP contribution in [0, 0.1) is 12.8 Å². The second-order valence-corrected chi connectivity index (χ2v) is 7.57. The average molecular weight is 440 g/mol. The maximum atomic E-state index is 12.8. The first-order valence-corrected chi connectivity index (χ1v) is 10.4. The molecule has 0 spiro atoms. The van der Waals surface area contributed by atoms with E-state index in [-0.39, 0.29) is 11.8 Å². The maximum absolute atomic E-state index is 12.8. The highest BCUT2D eigenvalue weighted by molar-refractivity contribution is 5.94. The normalized spacial score (nSPS) is 12.7. The Morgan fingerprint density at radius 3 is 2.22 bits per heavy atom. The van der Waals surface area contributed by atoms with Gasteiger partial charge in [-0.2, -0.15) is 4.98 Å². The van der Waals surface area contributed by atoms with Crippen LogP contribution in [-0.4, -0.2) is 37.4 Å². The number of ether oxygens (including phenoxy) is 3. The van der Waals surface area contributed by atoms with Crippen molar-refractivity contribution in [3.63, 3.8) is 0 Å². The van der Waals surface area contributed by atoms with Gasteiger partial charge >= 0.3 is 0 Å². The zero-order valence-corrected chi connectivity index (χ0v) is 19.3. The highest BCUT2D eigenvalue weighted by atomic mass is 16.5. The number of nitrogens with zero attached hydrogens (tertiary/aromatic N) is 2. The van der Waals surface area contributed by atoms with E-state index in [1.807, 2.05) is 32.9 Å². The summed E-state index contributed by atoms with van der Waals surface area (Å²) in [7, 11) is 4.63. The minimum atomic E-state index is -0.433. The summed E-state index contributed by atoms with van der Waals surface area (Å²) in [5.74, 6) is 2.03. The summed E-state index contributed by atoms with van der Waals surface area (Å²) in [5, 5.41) is 7.18. The number of methoxy groups -OCH3 is 3. The van der Waals surface area contributed by atoms with Crippen LogP contribution in [0.4, 0.5) is 0 Å². The number of carbonyl (C=O) groups excluding carboxylic acids is 1. The van der Waals surface area contributed by atoms with Crippen LogP contribution in [0.3, 0.4) is 0 Å². The van der Waals surface area contributed by atoms with E-state index in [1.165, 1.54) is 0 Å². The number of benzene rings is 2. The summed E-state index contributed by atoms with van der Waals surface area (Å²) < 4.78 is 21.8. The summed E-state index contributed by atoms with van der Waals surface area (Å²) in [4.78, 5) is 17.4. The molecule has 1 aromatic heterocycles. The van der Waals surface area contributed by atoms with Gasteiger partial charge in [-0.3, -0.25) is 4.79 Å². The summed E-state index contributed by atoms with van der Waals surface area (Å²) in [6, 6.07) is 10.5. The van der Waals surface area contributed by atoms with E-state index in [2.05, 4.69) is 15.5 Å². The van der Waals surface area contributed by atoms with Gasteiger partial charge in [0.15, 0.2) is 11.5 Å². The van der Waals surface area contributed by atoms with E-state index >= 15 is 0 Å².